The molecule has 1 amide bonds. The van der Waals surface area contributed by atoms with Crippen LogP contribution in [0, 0.1) is 0 Å². The number of ether oxygens (including phenoxy) is 1. The number of rotatable bonds is 4. The first-order valence-electron chi connectivity index (χ1n) is 3.23. The molecule has 4 heteroatoms. The molecule has 0 aliphatic carbocycles. The summed E-state index contributed by atoms with van der Waals surface area (Å²) in [4.78, 5) is 10.5. The molecule has 0 spiro atoms. The summed E-state index contributed by atoms with van der Waals surface area (Å²) in [6.07, 6.45) is 0.177. The molecule has 0 heterocycles. The Morgan fingerprint density at radius 1 is 1.70 bits per heavy atom. The van der Waals surface area contributed by atoms with Gasteiger partial charge >= 0.3 is 0 Å². The lowest BCUT2D eigenvalue weighted by Gasteiger charge is -2.21. The van der Waals surface area contributed by atoms with Crippen molar-refractivity contribution < 1.29 is 14.6 Å². The first-order chi connectivity index (χ1) is 4.56. The fraction of sp³-hybridized carbons (Fsp3) is 0.833. The van der Waals surface area contributed by atoms with Gasteiger partial charge in [0.1, 0.15) is 0 Å². The Labute approximate surface area is 60.0 Å². The van der Waals surface area contributed by atoms with Crippen molar-refractivity contribution in [3.05, 3.63) is 0 Å². The van der Waals surface area contributed by atoms with Gasteiger partial charge in [-0.3, -0.25) is 4.79 Å². The van der Waals surface area contributed by atoms with Gasteiger partial charge in [-0.05, 0) is 6.92 Å². The normalized spacial score (nSPS) is 16.3. The van der Waals surface area contributed by atoms with E-state index in [1.54, 1.807) is 13.8 Å². The quantitative estimate of drug-likeness (QED) is 0.532. The van der Waals surface area contributed by atoms with Crippen LogP contribution in [0.2, 0.25) is 0 Å². The topological polar surface area (TPSA) is 72.6 Å². The molecule has 10 heavy (non-hydrogen) atoms. The standard InChI is InChI=1S/C6H13NO3/c1-3-6(9,5(7)8)10-4-2/h9H,3-4H2,1-2H3,(H2,7,8). The molecule has 4 nitrogen and oxygen atoms in total. The molecule has 1 atom stereocenters. The van der Waals surface area contributed by atoms with Crippen molar-refractivity contribution in [1.29, 1.82) is 0 Å². The van der Waals surface area contributed by atoms with Gasteiger partial charge in [0, 0.05) is 13.0 Å². The van der Waals surface area contributed by atoms with Gasteiger partial charge in [0.15, 0.2) is 0 Å². The number of primary amides is 1. The third-order valence-electron chi connectivity index (χ3n) is 1.25. The van der Waals surface area contributed by atoms with Crippen LogP contribution in [0.3, 0.4) is 0 Å². The van der Waals surface area contributed by atoms with Crippen LogP contribution >= 0.6 is 0 Å². The van der Waals surface area contributed by atoms with E-state index in [2.05, 4.69) is 0 Å². The predicted octanol–water partition coefficient (Wildman–Crippen LogP) is -0.393. The van der Waals surface area contributed by atoms with E-state index in [9.17, 15) is 9.90 Å². The summed E-state index contributed by atoms with van der Waals surface area (Å²) in [5.41, 5.74) is 4.85. The van der Waals surface area contributed by atoms with Crippen molar-refractivity contribution in [3.63, 3.8) is 0 Å². The SMILES string of the molecule is CCOC(O)(CC)C(N)=O. The van der Waals surface area contributed by atoms with Gasteiger partial charge in [-0.15, -0.1) is 0 Å². The molecule has 0 radical (unpaired) electrons. The largest absolute Gasteiger partial charge is 0.365 e. The van der Waals surface area contributed by atoms with Gasteiger partial charge in [-0.1, -0.05) is 6.92 Å². The summed E-state index contributed by atoms with van der Waals surface area (Å²) in [5.74, 6) is -2.61. The van der Waals surface area contributed by atoms with Crippen LogP contribution in [0.5, 0.6) is 0 Å². The van der Waals surface area contributed by atoms with E-state index in [-0.39, 0.29) is 13.0 Å². The zero-order valence-corrected chi connectivity index (χ0v) is 6.26. The second-order valence-electron chi connectivity index (χ2n) is 1.94. The molecule has 1 unspecified atom stereocenters. The van der Waals surface area contributed by atoms with Crippen LogP contribution in [-0.2, 0) is 9.53 Å². The molecule has 0 aromatic carbocycles. The molecular formula is C6H13NO3. The summed E-state index contributed by atoms with van der Waals surface area (Å²) < 4.78 is 4.72. The minimum atomic E-state index is -1.77. The maximum absolute atomic E-state index is 10.5. The monoisotopic (exact) mass is 147 g/mol. The number of carbonyl (C=O) groups excluding carboxylic acids is 1. The van der Waals surface area contributed by atoms with Crippen LogP contribution in [0.15, 0.2) is 0 Å². The van der Waals surface area contributed by atoms with Crippen molar-refractivity contribution >= 4 is 5.91 Å². The van der Waals surface area contributed by atoms with E-state index >= 15 is 0 Å². The van der Waals surface area contributed by atoms with Gasteiger partial charge < -0.3 is 15.6 Å². The minimum Gasteiger partial charge on any atom is -0.365 e. The van der Waals surface area contributed by atoms with E-state index in [0.29, 0.717) is 0 Å². The summed E-state index contributed by atoms with van der Waals surface area (Å²) >= 11 is 0. The third kappa shape index (κ3) is 1.97. The molecule has 0 aromatic rings. The molecule has 0 saturated heterocycles. The van der Waals surface area contributed by atoms with E-state index in [1.807, 2.05) is 0 Å². The highest BCUT2D eigenvalue weighted by Crippen LogP contribution is 2.09. The van der Waals surface area contributed by atoms with Crippen LogP contribution in [0.1, 0.15) is 20.3 Å². The van der Waals surface area contributed by atoms with Gasteiger partial charge in [0.05, 0.1) is 0 Å². The minimum absolute atomic E-state index is 0.177. The van der Waals surface area contributed by atoms with E-state index < -0.39 is 11.7 Å². The molecule has 0 saturated carbocycles. The average molecular weight is 147 g/mol. The Bertz CT molecular complexity index is 126. The molecule has 0 bridgehead atoms. The number of carbonyl (C=O) groups is 1. The van der Waals surface area contributed by atoms with Crippen molar-refractivity contribution in [2.45, 2.75) is 26.1 Å². The zero-order chi connectivity index (χ0) is 8.20. The lowest BCUT2D eigenvalue weighted by atomic mass is 10.2. The highest BCUT2D eigenvalue weighted by molar-refractivity contribution is 5.81. The molecule has 0 aromatic heterocycles. The Kier molecular flexibility index (Phi) is 3.32. The van der Waals surface area contributed by atoms with E-state index in [0.717, 1.165) is 0 Å². The fourth-order valence-corrected chi connectivity index (χ4v) is 0.586. The van der Waals surface area contributed by atoms with Crippen LogP contribution in [0.25, 0.3) is 0 Å². The highest BCUT2D eigenvalue weighted by Gasteiger charge is 2.31. The predicted molar refractivity (Wildman–Crippen MR) is 36.1 cm³/mol. The fourth-order valence-electron chi connectivity index (χ4n) is 0.586. The molecule has 0 fully saturated rings. The average Bonchev–Trinajstić information content (AvgIpc) is 1.88. The Hall–Kier alpha value is -0.610. The van der Waals surface area contributed by atoms with Gasteiger partial charge in [-0.2, -0.15) is 0 Å². The van der Waals surface area contributed by atoms with Crippen molar-refractivity contribution in [1.82, 2.24) is 0 Å². The van der Waals surface area contributed by atoms with Gasteiger partial charge in [0.25, 0.3) is 5.91 Å². The number of hydrogen-bond acceptors (Lipinski definition) is 3. The summed E-state index contributed by atoms with van der Waals surface area (Å²) in [6.45, 7) is 3.58. The van der Waals surface area contributed by atoms with E-state index in [4.69, 9.17) is 10.5 Å². The number of hydrogen-bond donors (Lipinski definition) is 2. The highest BCUT2D eigenvalue weighted by atomic mass is 16.6. The molecule has 0 aliphatic rings. The molecule has 0 aliphatic heterocycles. The molecule has 60 valence electrons. The lowest BCUT2D eigenvalue weighted by molar-refractivity contribution is -0.203. The second-order valence-corrected chi connectivity index (χ2v) is 1.94. The zero-order valence-electron chi connectivity index (χ0n) is 6.26. The van der Waals surface area contributed by atoms with Crippen molar-refractivity contribution in [2.75, 3.05) is 6.61 Å². The number of aliphatic hydroxyl groups is 1. The Morgan fingerprint density at radius 2 is 2.20 bits per heavy atom. The Balaban J connectivity index is 4.08. The summed E-state index contributed by atoms with van der Waals surface area (Å²) in [7, 11) is 0. The lowest BCUT2D eigenvalue weighted by Crippen LogP contribution is -2.45. The number of nitrogens with two attached hydrogens (primary N) is 1. The summed E-state index contributed by atoms with van der Waals surface area (Å²) in [5, 5.41) is 9.20. The van der Waals surface area contributed by atoms with Gasteiger partial charge in [-0.25, -0.2) is 0 Å². The first-order valence-corrected chi connectivity index (χ1v) is 3.23. The maximum atomic E-state index is 10.5. The molecule has 3 N–H and O–H groups in total. The van der Waals surface area contributed by atoms with Crippen LogP contribution < -0.4 is 5.73 Å². The van der Waals surface area contributed by atoms with Crippen LogP contribution in [-0.4, -0.2) is 23.4 Å². The number of amides is 1. The van der Waals surface area contributed by atoms with Crippen molar-refractivity contribution in [2.24, 2.45) is 5.73 Å². The maximum Gasteiger partial charge on any atom is 0.277 e. The smallest absolute Gasteiger partial charge is 0.277 e. The van der Waals surface area contributed by atoms with Crippen molar-refractivity contribution in [3.8, 4) is 0 Å². The Morgan fingerprint density at radius 3 is 2.30 bits per heavy atom. The summed E-state index contributed by atoms with van der Waals surface area (Å²) in [6, 6.07) is 0. The van der Waals surface area contributed by atoms with Crippen LogP contribution in [0.4, 0.5) is 0 Å². The third-order valence-corrected chi connectivity index (χ3v) is 1.25. The molecule has 0 rings (SSSR count). The van der Waals surface area contributed by atoms with E-state index in [1.165, 1.54) is 0 Å². The van der Waals surface area contributed by atoms with Gasteiger partial charge in [0.2, 0.25) is 5.79 Å². The second kappa shape index (κ2) is 3.53. The molecular weight excluding hydrogens is 134 g/mol. The first kappa shape index (κ1) is 9.39.